The van der Waals surface area contributed by atoms with Crippen molar-refractivity contribution in [3.63, 3.8) is 0 Å². The van der Waals surface area contributed by atoms with Gasteiger partial charge in [-0.2, -0.15) is 5.10 Å². The summed E-state index contributed by atoms with van der Waals surface area (Å²) in [6, 6.07) is 1.15. The van der Waals surface area contributed by atoms with E-state index in [4.69, 9.17) is 24.5 Å². The molecule has 0 aromatic carbocycles. The van der Waals surface area contributed by atoms with Crippen molar-refractivity contribution in [2.24, 2.45) is 5.92 Å². The van der Waals surface area contributed by atoms with Gasteiger partial charge in [-0.25, -0.2) is 19.7 Å². The average Bonchev–Trinajstić information content (AvgIpc) is 3.56. The molecule has 46 heavy (non-hydrogen) atoms. The molecule has 258 valence electrons. The topological polar surface area (TPSA) is 209 Å². The van der Waals surface area contributed by atoms with Crippen LogP contribution in [0.2, 0.25) is 0 Å². The summed E-state index contributed by atoms with van der Waals surface area (Å²) in [5.74, 6) is -0.841. The van der Waals surface area contributed by atoms with E-state index in [-0.39, 0.29) is 24.4 Å². The van der Waals surface area contributed by atoms with E-state index >= 15 is 0 Å². The number of rotatable bonds is 15. The van der Waals surface area contributed by atoms with Gasteiger partial charge in [-0.1, -0.05) is 33.1 Å². The van der Waals surface area contributed by atoms with Gasteiger partial charge in [-0.05, 0) is 64.5 Å². The number of anilines is 1. The summed E-state index contributed by atoms with van der Waals surface area (Å²) in [5, 5.41) is 31.7. The minimum absolute atomic E-state index is 0.188. The molecule has 0 unspecified atom stereocenters. The largest absolute Gasteiger partial charge is 0.464 e. The second-order valence-electron chi connectivity index (χ2n) is 12.5. The zero-order valence-corrected chi connectivity index (χ0v) is 28.2. The van der Waals surface area contributed by atoms with E-state index in [2.05, 4.69) is 20.3 Å². The van der Waals surface area contributed by atoms with Gasteiger partial charge in [0, 0.05) is 0 Å². The molecule has 1 saturated carbocycles. The van der Waals surface area contributed by atoms with Gasteiger partial charge >= 0.3 is 19.6 Å². The fourth-order valence-electron chi connectivity index (χ4n) is 5.74. The second-order valence-corrected chi connectivity index (χ2v) is 14.4. The maximum Gasteiger partial charge on any atom is 0.342 e. The van der Waals surface area contributed by atoms with Gasteiger partial charge in [-0.3, -0.25) is 14.2 Å². The van der Waals surface area contributed by atoms with E-state index in [0.29, 0.717) is 11.2 Å². The molecule has 2 aromatic rings. The minimum atomic E-state index is -4.24. The van der Waals surface area contributed by atoms with Gasteiger partial charge in [0.2, 0.25) is 0 Å². The number of fused-ring (bicyclic) bond motifs is 1. The Morgan fingerprint density at radius 2 is 1.78 bits per heavy atom. The number of nitrogens with zero attached hydrogens (tertiary/aromatic N) is 3. The number of esters is 2. The predicted molar refractivity (Wildman–Crippen MR) is 168 cm³/mol. The summed E-state index contributed by atoms with van der Waals surface area (Å²) in [6.07, 6.45) is 3.31. The van der Waals surface area contributed by atoms with E-state index in [0.717, 1.165) is 44.9 Å². The van der Waals surface area contributed by atoms with Gasteiger partial charge in [0.25, 0.3) is 0 Å². The lowest BCUT2D eigenvalue weighted by Crippen LogP contribution is -2.47. The molecular weight excluding hydrogens is 619 g/mol. The van der Waals surface area contributed by atoms with Crippen molar-refractivity contribution in [2.45, 2.75) is 122 Å². The van der Waals surface area contributed by atoms with Gasteiger partial charge in [0.05, 0.1) is 18.9 Å². The Morgan fingerprint density at radius 3 is 2.43 bits per heavy atom. The first-order valence-corrected chi connectivity index (χ1v) is 17.7. The van der Waals surface area contributed by atoms with E-state index in [1.54, 1.807) is 12.1 Å². The monoisotopic (exact) mass is 668 g/mol. The highest BCUT2D eigenvalue weighted by Crippen LogP contribution is 2.45. The lowest BCUT2D eigenvalue weighted by atomic mass is 9.97. The quantitative estimate of drug-likeness (QED) is 0.137. The molecule has 1 aliphatic carbocycles. The molecule has 7 atom stereocenters. The van der Waals surface area contributed by atoms with Crippen molar-refractivity contribution in [1.29, 1.82) is 0 Å². The molecule has 4 rings (SSSR count). The number of hydrogen-bond acceptors (Lipinski definition) is 12. The first kappa shape index (κ1) is 36.2. The van der Waals surface area contributed by atoms with Gasteiger partial charge in [-0.15, -0.1) is 0 Å². The lowest BCUT2D eigenvalue weighted by molar-refractivity contribution is -0.152. The number of aliphatic hydroxyl groups is 2. The molecule has 0 radical (unpaired) electrons. The third kappa shape index (κ3) is 8.43. The zero-order valence-electron chi connectivity index (χ0n) is 27.3. The second kappa shape index (κ2) is 15.5. The normalized spacial score (nSPS) is 26.6. The molecule has 0 bridgehead atoms. The first-order valence-electron chi connectivity index (χ1n) is 16.1. The van der Waals surface area contributed by atoms with Crippen LogP contribution in [-0.4, -0.2) is 86.0 Å². The smallest absolute Gasteiger partial charge is 0.342 e. The fraction of sp³-hybridized carbons (Fsp3) is 0.733. The van der Waals surface area contributed by atoms with Crippen molar-refractivity contribution in [1.82, 2.24) is 24.8 Å². The Bertz CT molecular complexity index is 1380. The average molecular weight is 669 g/mol. The SMILES string of the molecule is CCC(CC)COC(=O)[C@H](C)N[P@](=O)(N[C@@H](C)C(=O)OC1CCCCC1)OC[C@@]1(C)O[C@@H](c2ccc3c(N)ncnn23)[C@H](O)[C@@H]1O. The van der Waals surface area contributed by atoms with Crippen LogP contribution in [0.3, 0.4) is 0 Å². The van der Waals surface area contributed by atoms with E-state index in [9.17, 15) is 24.4 Å². The maximum absolute atomic E-state index is 14.3. The van der Waals surface area contributed by atoms with Crippen LogP contribution in [0.25, 0.3) is 5.52 Å². The van der Waals surface area contributed by atoms with Crippen molar-refractivity contribution in [2.75, 3.05) is 18.9 Å². The molecule has 1 saturated heterocycles. The Morgan fingerprint density at radius 1 is 1.13 bits per heavy atom. The third-order valence-electron chi connectivity index (χ3n) is 8.88. The Balaban J connectivity index is 1.50. The van der Waals surface area contributed by atoms with E-state index in [1.165, 1.54) is 31.6 Å². The summed E-state index contributed by atoms with van der Waals surface area (Å²) >= 11 is 0. The summed E-state index contributed by atoms with van der Waals surface area (Å²) in [5.41, 5.74) is 5.27. The number of carbonyl (C=O) groups is 2. The lowest BCUT2D eigenvalue weighted by Gasteiger charge is -2.32. The van der Waals surface area contributed by atoms with Gasteiger partial charge < -0.3 is 34.7 Å². The molecule has 2 aromatic heterocycles. The van der Waals surface area contributed by atoms with Crippen molar-refractivity contribution in [3.05, 3.63) is 24.2 Å². The fourth-order valence-corrected chi connectivity index (χ4v) is 7.64. The number of aromatic nitrogens is 3. The van der Waals surface area contributed by atoms with E-state index in [1.807, 2.05) is 13.8 Å². The van der Waals surface area contributed by atoms with Gasteiger partial charge in [0.1, 0.15) is 53.9 Å². The van der Waals surface area contributed by atoms with Crippen molar-refractivity contribution in [3.8, 4) is 0 Å². The van der Waals surface area contributed by atoms with Crippen LogP contribution in [0.4, 0.5) is 5.82 Å². The highest BCUT2D eigenvalue weighted by atomic mass is 31.2. The summed E-state index contributed by atoms with van der Waals surface area (Å²) in [7, 11) is -4.24. The summed E-state index contributed by atoms with van der Waals surface area (Å²) < 4.78 is 38.9. The van der Waals surface area contributed by atoms with E-state index < -0.39 is 62.2 Å². The predicted octanol–water partition coefficient (Wildman–Crippen LogP) is 2.80. The molecule has 16 heteroatoms. The highest BCUT2D eigenvalue weighted by Gasteiger charge is 2.53. The van der Waals surface area contributed by atoms with Gasteiger partial charge in [0.15, 0.2) is 5.82 Å². The molecule has 6 N–H and O–H groups in total. The number of nitrogens with two attached hydrogens (primary N) is 1. The number of nitrogens with one attached hydrogen (secondary N) is 2. The molecule has 2 fully saturated rings. The standard InChI is InChI=1S/C30H49N6O9P/c1-6-20(7-2)15-42-28(39)18(3)34-46(41,35-19(4)29(40)44-21-11-9-8-10-12-21)43-16-30(5)26(38)24(37)25(45-30)22-13-14-23-27(31)32-17-33-36(22)23/h13-14,17-21,24-26,37-38H,6-12,15-16H2,1-5H3,(H2,31,32,33)(H2,34,35,41)/t18-,19-,24-,25-,26-,30+,46+/m0/s1. The van der Waals surface area contributed by atoms with Crippen LogP contribution in [-0.2, 0) is 32.9 Å². The molecule has 0 amide bonds. The number of ether oxygens (including phenoxy) is 3. The van der Waals surface area contributed by atoms with Crippen molar-refractivity contribution < 1.29 is 43.1 Å². The number of hydrogen-bond donors (Lipinski definition) is 5. The Labute approximate surface area is 269 Å². The molecule has 0 spiro atoms. The summed E-state index contributed by atoms with van der Waals surface area (Å²) in [4.78, 5) is 29.8. The number of carbonyl (C=O) groups excluding carboxylic acids is 2. The number of aliphatic hydroxyl groups excluding tert-OH is 2. The Hall–Kier alpha value is -2.65. The third-order valence-corrected chi connectivity index (χ3v) is 10.8. The molecule has 15 nitrogen and oxygen atoms in total. The van der Waals surface area contributed by atoms with Crippen LogP contribution in [0, 0.1) is 5.92 Å². The molecular formula is C30H49N6O9P. The van der Waals surface area contributed by atoms with Crippen LogP contribution in [0.5, 0.6) is 0 Å². The maximum atomic E-state index is 14.3. The molecule has 3 heterocycles. The van der Waals surface area contributed by atoms with Crippen LogP contribution < -0.4 is 15.9 Å². The minimum Gasteiger partial charge on any atom is -0.464 e. The van der Waals surface area contributed by atoms with Crippen LogP contribution in [0.1, 0.15) is 91.4 Å². The first-order chi connectivity index (χ1) is 21.8. The zero-order chi connectivity index (χ0) is 33.6. The molecule has 1 aliphatic heterocycles. The Kier molecular flexibility index (Phi) is 12.2. The highest BCUT2D eigenvalue weighted by molar-refractivity contribution is 7.54. The summed E-state index contributed by atoms with van der Waals surface area (Å²) in [6.45, 7) is 8.19. The number of nitrogen functional groups attached to an aromatic ring is 1. The van der Waals surface area contributed by atoms with Crippen LogP contribution >= 0.6 is 7.67 Å². The van der Waals surface area contributed by atoms with Crippen molar-refractivity contribution >= 4 is 30.9 Å². The van der Waals surface area contributed by atoms with Crippen LogP contribution in [0.15, 0.2) is 18.5 Å². The molecule has 2 aliphatic rings.